The van der Waals surface area contributed by atoms with E-state index >= 15 is 0 Å². The number of nitrogens with one attached hydrogen (secondary N) is 1. The minimum Gasteiger partial charge on any atom is -0.377 e. The molecule has 6 nitrogen and oxygen atoms in total. The van der Waals surface area contributed by atoms with E-state index in [4.69, 9.17) is 10.5 Å². The van der Waals surface area contributed by atoms with E-state index in [1.807, 2.05) is 12.1 Å². The van der Waals surface area contributed by atoms with E-state index in [2.05, 4.69) is 28.7 Å². The number of amides is 1. The third-order valence-corrected chi connectivity index (χ3v) is 5.51. The molecule has 3 rings (SSSR count). The summed E-state index contributed by atoms with van der Waals surface area (Å²) in [6.07, 6.45) is 4.58. The lowest BCUT2D eigenvalue weighted by Crippen LogP contribution is -2.30. The number of likely N-dealkylation sites (N-methyl/N-ethyl adjacent to an activating group) is 1. The van der Waals surface area contributed by atoms with E-state index in [1.54, 1.807) is 6.07 Å². The summed E-state index contributed by atoms with van der Waals surface area (Å²) in [6, 6.07) is 5.52. The third-order valence-electron chi connectivity index (χ3n) is 5.51. The van der Waals surface area contributed by atoms with Crippen LogP contribution in [0.3, 0.4) is 0 Å². The molecule has 0 unspecified atom stereocenters. The number of imidazole rings is 1. The van der Waals surface area contributed by atoms with Gasteiger partial charge >= 0.3 is 0 Å². The van der Waals surface area contributed by atoms with Gasteiger partial charge in [-0.25, -0.2) is 4.98 Å². The van der Waals surface area contributed by atoms with Gasteiger partial charge in [-0.3, -0.25) is 4.79 Å². The lowest BCUT2D eigenvalue weighted by molar-refractivity contribution is 0.0137. The van der Waals surface area contributed by atoms with Crippen LogP contribution >= 0.6 is 0 Å². The maximum Gasteiger partial charge on any atom is 0.250 e. The minimum absolute atomic E-state index is 0.354. The van der Waals surface area contributed by atoms with Gasteiger partial charge in [-0.1, -0.05) is 19.9 Å². The Kier molecular flexibility index (Phi) is 6.27. The Bertz CT molecular complexity index is 730. The highest BCUT2D eigenvalue weighted by atomic mass is 16.5. The first-order valence-electron chi connectivity index (χ1n) is 9.74. The van der Waals surface area contributed by atoms with Crippen molar-refractivity contribution in [3.63, 3.8) is 0 Å². The number of ether oxygens (including phenoxy) is 1. The molecule has 2 aromatic rings. The van der Waals surface area contributed by atoms with Gasteiger partial charge in [0.25, 0.3) is 5.91 Å². The number of nitrogens with two attached hydrogens (primary N) is 1. The number of aromatic nitrogens is 2. The molecule has 1 fully saturated rings. The number of rotatable bonds is 8. The van der Waals surface area contributed by atoms with Crippen LogP contribution < -0.4 is 5.73 Å². The molecule has 0 aliphatic heterocycles. The first-order valence-corrected chi connectivity index (χ1v) is 9.74. The summed E-state index contributed by atoms with van der Waals surface area (Å²) < 4.78 is 6.08. The van der Waals surface area contributed by atoms with Gasteiger partial charge in [0.05, 0.1) is 23.8 Å². The Balaban J connectivity index is 1.56. The average Bonchev–Trinajstić information content (AvgIpc) is 3.09. The summed E-state index contributed by atoms with van der Waals surface area (Å²) in [4.78, 5) is 22.0. The fourth-order valence-electron chi connectivity index (χ4n) is 3.83. The summed E-state index contributed by atoms with van der Waals surface area (Å²) in [6.45, 7) is 8.34. The van der Waals surface area contributed by atoms with Gasteiger partial charge < -0.3 is 20.4 Å². The number of carbonyl (C=O) groups is 1. The predicted octanol–water partition coefficient (Wildman–Crippen LogP) is 3.05. The zero-order valence-corrected chi connectivity index (χ0v) is 15.8. The van der Waals surface area contributed by atoms with Crippen LogP contribution in [0.5, 0.6) is 0 Å². The van der Waals surface area contributed by atoms with E-state index in [1.165, 1.54) is 0 Å². The number of aromatic amines is 1. The number of benzene rings is 1. The van der Waals surface area contributed by atoms with Crippen LogP contribution in [0.25, 0.3) is 11.0 Å². The van der Waals surface area contributed by atoms with Crippen molar-refractivity contribution in [1.82, 2.24) is 14.9 Å². The highest BCUT2D eigenvalue weighted by molar-refractivity contribution is 6.04. The molecule has 6 heteroatoms. The van der Waals surface area contributed by atoms with Crippen molar-refractivity contribution in [2.75, 3.05) is 26.2 Å². The molecule has 142 valence electrons. The average molecular weight is 358 g/mol. The van der Waals surface area contributed by atoms with Crippen molar-refractivity contribution >= 4 is 16.9 Å². The summed E-state index contributed by atoms with van der Waals surface area (Å²) in [5.41, 5.74) is 7.52. The van der Waals surface area contributed by atoms with Crippen molar-refractivity contribution in [3.05, 3.63) is 29.6 Å². The van der Waals surface area contributed by atoms with Crippen molar-refractivity contribution in [2.24, 2.45) is 5.73 Å². The number of fused-ring (bicyclic) bond motifs is 1. The SMILES string of the molecule is CCN(CC)CCOC1CCC(c2nc3c(C(N)=O)cccc3[nH]2)CC1. The second-order valence-electron chi connectivity index (χ2n) is 7.06. The van der Waals surface area contributed by atoms with Crippen LogP contribution in [0.2, 0.25) is 0 Å². The molecule has 1 aliphatic carbocycles. The summed E-state index contributed by atoms with van der Waals surface area (Å²) in [5.74, 6) is 0.931. The lowest BCUT2D eigenvalue weighted by Gasteiger charge is -2.28. The molecule has 1 aromatic heterocycles. The first kappa shape index (κ1) is 18.9. The first-order chi connectivity index (χ1) is 12.6. The Morgan fingerprint density at radius 1 is 1.27 bits per heavy atom. The Labute approximate surface area is 155 Å². The van der Waals surface area contributed by atoms with Gasteiger partial charge in [0.2, 0.25) is 0 Å². The van der Waals surface area contributed by atoms with E-state index in [0.717, 1.165) is 63.3 Å². The van der Waals surface area contributed by atoms with Crippen LogP contribution in [-0.2, 0) is 4.74 Å². The van der Waals surface area contributed by atoms with Gasteiger partial charge in [0.15, 0.2) is 0 Å². The molecule has 0 saturated heterocycles. The number of hydrogen-bond donors (Lipinski definition) is 2. The molecular weight excluding hydrogens is 328 g/mol. The number of hydrogen-bond acceptors (Lipinski definition) is 4. The topological polar surface area (TPSA) is 84.2 Å². The molecule has 0 radical (unpaired) electrons. The summed E-state index contributed by atoms with van der Waals surface area (Å²) in [5, 5.41) is 0. The summed E-state index contributed by atoms with van der Waals surface area (Å²) in [7, 11) is 0. The molecule has 1 aromatic carbocycles. The Hall–Kier alpha value is -1.92. The molecule has 1 aliphatic rings. The molecule has 1 heterocycles. The highest BCUT2D eigenvalue weighted by Gasteiger charge is 2.25. The molecule has 1 amide bonds. The second kappa shape index (κ2) is 8.64. The van der Waals surface area contributed by atoms with Crippen LogP contribution in [0.15, 0.2) is 18.2 Å². The minimum atomic E-state index is -0.432. The fourth-order valence-corrected chi connectivity index (χ4v) is 3.83. The molecule has 26 heavy (non-hydrogen) atoms. The van der Waals surface area contributed by atoms with Gasteiger partial charge in [-0.2, -0.15) is 0 Å². The molecule has 3 N–H and O–H groups in total. The smallest absolute Gasteiger partial charge is 0.250 e. The van der Waals surface area contributed by atoms with Gasteiger partial charge in [0, 0.05) is 12.5 Å². The molecule has 0 bridgehead atoms. The standard InChI is InChI=1S/C20H30N4O2/c1-3-24(4-2)12-13-26-15-10-8-14(9-11-15)20-22-17-7-5-6-16(19(21)25)18(17)23-20/h5-7,14-15H,3-4,8-13H2,1-2H3,(H2,21,25)(H,22,23). The van der Waals surface area contributed by atoms with E-state index in [0.29, 0.717) is 23.1 Å². The summed E-state index contributed by atoms with van der Waals surface area (Å²) >= 11 is 0. The monoisotopic (exact) mass is 358 g/mol. The predicted molar refractivity (Wildman–Crippen MR) is 103 cm³/mol. The molecule has 0 spiro atoms. The van der Waals surface area contributed by atoms with Crippen molar-refractivity contribution < 1.29 is 9.53 Å². The van der Waals surface area contributed by atoms with Gasteiger partial charge in [0.1, 0.15) is 11.3 Å². The molecule has 1 saturated carbocycles. The van der Waals surface area contributed by atoms with Crippen LogP contribution in [0.4, 0.5) is 0 Å². The molecular formula is C20H30N4O2. The second-order valence-corrected chi connectivity index (χ2v) is 7.06. The number of H-pyrrole nitrogens is 1. The number of para-hydroxylation sites is 1. The van der Waals surface area contributed by atoms with Gasteiger partial charge in [-0.15, -0.1) is 0 Å². The number of nitrogens with zero attached hydrogens (tertiary/aromatic N) is 2. The van der Waals surface area contributed by atoms with Crippen molar-refractivity contribution in [2.45, 2.75) is 51.6 Å². The Morgan fingerprint density at radius 2 is 2.00 bits per heavy atom. The van der Waals surface area contributed by atoms with E-state index in [-0.39, 0.29) is 0 Å². The third kappa shape index (κ3) is 4.24. The maximum atomic E-state index is 11.6. The van der Waals surface area contributed by atoms with Crippen LogP contribution in [-0.4, -0.2) is 53.1 Å². The molecule has 0 atom stereocenters. The largest absolute Gasteiger partial charge is 0.377 e. The quantitative estimate of drug-likeness (QED) is 0.759. The van der Waals surface area contributed by atoms with Crippen LogP contribution in [0.1, 0.15) is 61.6 Å². The Morgan fingerprint density at radius 3 is 2.65 bits per heavy atom. The lowest BCUT2D eigenvalue weighted by atomic mass is 9.87. The maximum absolute atomic E-state index is 11.6. The zero-order chi connectivity index (χ0) is 18.5. The fraction of sp³-hybridized carbons (Fsp3) is 0.600. The highest BCUT2D eigenvalue weighted by Crippen LogP contribution is 2.33. The zero-order valence-electron chi connectivity index (χ0n) is 15.8. The van der Waals surface area contributed by atoms with Crippen LogP contribution in [0, 0.1) is 0 Å². The number of carbonyl (C=O) groups excluding carboxylic acids is 1. The normalized spacial score (nSPS) is 20.7. The number of primary amides is 1. The van der Waals surface area contributed by atoms with Crippen molar-refractivity contribution in [1.29, 1.82) is 0 Å². The van der Waals surface area contributed by atoms with Gasteiger partial charge in [-0.05, 0) is 50.9 Å². The van der Waals surface area contributed by atoms with Crippen molar-refractivity contribution in [3.8, 4) is 0 Å². The van der Waals surface area contributed by atoms with E-state index < -0.39 is 5.91 Å². The van der Waals surface area contributed by atoms with E-state index in [9.17, 15) is 4.79 Å².